The number of aldehydes is 1. The molecule has 0 fully saturated rings. The number of benzene rings is 1. The van der Waals surface area contributed by atoms with Crippen LogP contribution in [0.2, 0.25) is 0 Å². The molecule has 3 nitrogen and oxygen atoms in total. The molecule has 2 rings (SSSR count). The van der Waals surface area contributed by atoms with Crippen molar-refractivity contribution in [2.45, 2.75) is 19.3 Å². The first-order valence-corrected chi connectivity index (χ1v) is 5.86. The Hall–Kier alpha value is -1.61. The van der Waals surface area contributed by atoms with Crippen molar-refractivity contribution >= 4 is 17.2 Å². The molecule has 0 saturated carbocycles. The molecule has 17 heavy (non-hydrogen) atoms. The monoisotopic (exact) mass is 230 g/mol. The Morgan fingerprint density at radius 1 is 1.35 bits per heavy atom. The minimum atomic E-state index is 0.00259. The second-order valence-corrected chi connectivity index (χ2v) is 4.93. The van der Waals surface area contributed by atoms with Crippen LogP contribution in [-0.4, -0.2) is 24.4 Å². The fraction of sp³-hybridized carbons (Fsp3) is 0.357. The highest BCUT2D eigenvalue weighted by Gasteiger charge is 2.23. The highest BCUT2D eigenvalue weighted by atomic mass is 16.1. The van der Waals surface area contributed by atoms with Crippen LogP contribution in [0.5, 0.6) is 0 Å². The molecular formula is C14H18N2O. The largest absolute Gasteiger partial charge is 0.361 e. The van der Waals surface area contributed by atoms with E-state index in [2.05, 4.69) is 48.5 Å². The van der Waals surface area contributed by atoms with Crippen molar-refractivity contribution in [2.75, 3.05) is 13.1 Å². The van der Waals surface area contributed by atoms with E-state index in [0.29, 0.717) is 6.54 Å². The van der Waals surface area contributed by atoms with Gasteiger partial charge in [-0.15, -0.1) is 0 Å². The quantitative estimate of drug-likeness (QED) is 0.611. The van der Waals surface area contributed by atoms with Gasteiger partial charge in [-0.2, -0.15) is 0 Å². The Bertz CT molecular complexity index is 514. The fourth-order valence-corrected chi connectivity index (χ4v) is 2.17. The standard InChI is InChI=1S/C14H18N2O/c1-14(2,10-15-7-8-17)12-9-16-13-6-4-3-5-11(12)13/h3-6,8-9,15-16H,7,10H2,1-2H3. The molecule has 0 saturated heterocycles. The molecule has 1 aromatic carbocycles. The van der Waals surface area contributed by atoms with E-state index >= 15 is 0 Å². The molecule has 0 unspecified atom stereocenters. The molecule has 0 amide bonds. The molecule has 2 aromatic rings. The Balaban J connectivity index is 2.28. The van der Waals surface area contributed by atoms with Crippen LogP contribution in [0.15, 0.2) is 30.5 Å². The van der Waals surface area contributed by atoms with Crippen molar-refractivity contribution in [2.24, 2.45) is 0 Å². The zero-order chi connectivity index (χ0) is 12.3. The molecule has 0 aliphatic heterocycles. The van der Waals surface area contributed by atoms with E-state index in [1.807, 2.05) is 6.07 Å². The lowest BCUT2D eigenvalue weighted by Gasteiger charge is -2.24. The Morgan fingerprint density at radius 3 is 2.88 bits per heavy atom. The maximum absolute atomic E-state index is 10.3. The molecule has 0 aliphatic carbocycles. The lowest BCUT2D eigenvalue weighted by molar-refractivity contribution is -0.107. The number of carbonyl (C=O) groups excluding carboxylic acids is 1. The minimum absolute atomic E-state index is 0.00259. The average molecular weight is 230 g/mol. The van der Waals surface area contributed by atoms with Gasteiger partial charge in [-0.3, -0.25) is 0 Å². The maximum Gasteiger partial charge on any atom is 0.133 e. The first-order chi connectivity index (χ1) is 8.15. The van der Waals surface area contributed by atoms with Gasteiger partial charge in [0.2, 0.25) is 0 Å². The summed E-state index contributed by atoms with van der Waals surface area (Å²) >= 11 is 0. The minimum Gasteiger partial charge on any atom is -0.361 e. The van der Waals surface area contributed by atoms with E-state index < -0.39 is 0 Å². The van der Waals surface area contributed by atoms with Crippen LogP contribution in [-0.2, 0) is 10.2 Å². The van der Waals surface area contributed by atoms with Gasteiger partial charge in [0.25, 0.3) is 0 Å². The highest BCUT2D eigenvalue weighted by molar-refractivity contribution is 5.84. The van der Waals surface area contributed by atoms with Crippen molar-refractivity contribution in [3.8, 4) is 0 Å². The number of carbonyl (C=O) groups is 1. The van der Waals surface area contributed by atoms with E-state index in [1.54, 1.807) is 0 Å². The summed E-state index contributed by atoms with van der Waals surface area (Å²) in [7, 11) is 0. The van der Waals surface area contributed by atoms with Gasteiger partial charge in [0.15, 0.2) is 0 Å². The molecule has 0 atom stereocenters. The average Bonchev–Trinajstić information content (AvgIpc) is 2.73. The summed E-state index contributed by atoms with van der Waals surface area (Å²) < 4.78 is 0. The van der Waals surface area contributed by atoms with Gasteiger partial charge in [0.1, 0.15) is 6.29 Å². The Labute approximate surface area is 101 Å². The van der Waals surface area contributed by atoms with Gasteiger partial charge < -0.3 is 15.1 Å². The zero-order valence-corrected chi connectivity index (χ0v) is 10.3. The Morgan fingerprint density at radius 2 is 2.12 bits per heavy atom. The van der Waals surface area contributed by atoms with Crippen molar-refractivity contribution in [3.05, 3.63) is 36.0 Å². The molecule has 1 heterocycles. The third kappa shape index (κ3) is 2.39. The van der Waals surface area contributed by atoms with E-state index in [9.17, 15) is 4.79 Å². The van der Waals surface area contributed by atoms with Crippen LogP contribution >= 0.6 is 0 Å². The summed E-state index contributed by atoms with van der Waals surface area (Å²) in [5.74, 6) is 0. The lowest BCUT2D eigenvalue weighted by Crippen LogP contribution is -2.33. The van der Waals surface area contributed by atoms with E-state index in [0.717, 1.165) is 18.3 Å². The second kappa shape index (κ2) is 4.72. The molecule has 3 heteroatoms. The Kier molecular flexibility index (Phi) is 3.29. The van der Waals surface area contributed by atoms with Gasteiger partial charge in [-0.25, -0.2) is 0 Å². The van der Waals surface area contributed by atoms with Gasteiger partial charge in [0.05, 0.1) is 6.54 Å². The van der Waals surface area contributed by atoms with Crippen LogP contribution in [0.4, 0.5) is 0 Å². The van der Waals surface area contributed by atoms with Crippen LogP contribution in [0.25, 0.3) is 10.9 Å². The van der Waals surface area contributed by atoms with Crippen LogP contribution in [0, 0.1) is 0 Å². The molecule has 0 aliphatic rings. The topological polar surface area (TPSA) is 44.9 Å². The summed E-state index contributed by atoms with van der Waals surface area (Å²) in [4.78, 5) is 13.6. The molecule has 0 spiro atoms. The zero-order valence-electron chi connectivity index (χ0n) is 10.3. The van der Waals surface area contributed by atoms with Crippen LogP contribution in [0.3, 0.4) is 0 Å². The number of aromatic amines is 1. The van der Waals surface area contributed by atoms with Crippen LogP contribution in [0.1, 0.15) is 19.4 Å². The third-order valence-electron chi connectivity index (χ3n) is 3.11. The predicted molar refractivity (Wildman–Crippen MR) is 70.3 cm³/mol. The maximum atomic E-state index is 10.3. The first kappa shape index (κ1) is 11.9. The van der Waals surface area contributed by atoms with Crippen molar-refractivity contribution in [1.29, 1.82) is 0 Å². The lowest BCUT2D eigenvalue weighted by atomic mass is 9.84. The first-order valence-electron chi connectivity index (χ1n) is 5.86. The number of para-hydroxylation sites is 1. The fourth-order valence-electron chi connectivity index (χ4n) is 2.17. The smallest absolute Gasteiger partial charge is 0.133 e. The molecule has 1 aromatic heterocycles. The highest BCUT2D eigenvalue weighted by Crippen LogP contribution is 2.29. The normalized spacial score (nSPS) is 11.9. The summed E-state index contributed by atoms with van der Waals surface area (Å²) in [6, 6.07) is 8.28. The number of rotatable bonds is 5. The van der Waals surface area contributed by atoms with Crippen molar-refractivity contribution < 1.29 is 4.79 Å². The summed E-state index contributed by atoms with van der Waals surface area (Å²) in [5, 5.41) is 4.40. The number of hydrogen-bond donors (Lipinski definition) is 2. The molecular weight excluding hydrogens is 212 g/mol. The molecule has 2 N–H and O–H groups in total. The van der Waals surface area contributed by atoms with E-state index in [1.165, 1.54) is 10.9 Å². The van der Waals surface area contributed by atoms with E-state index in [4.69, 9.17) is 0 Å². The SMILES string of the molecule is CC(C)(CNCC=O)c1c[nH]c2ccccc12. The van der Waals surface area contributed by atoms with E-state index in [-0.39, 0.29) is 5.41 Å². The number of fused-ring (bicyclic) bond motifs is 1. The van der Waals surface area contributed by atoms with Gasteiger partial charge >= 0.3 is 0 Å². The van der Waals surface area contributed by atoms with Gasteiger partial charge in [0, 0.05) is 29.1 Å². The number of hydrogen-bond acceptors (Lipinski definition) is 2. The van der Waals surface area contributed by atoms with Crippen LogP contribution < -0.4 is 5.32 Å². The molecule has 90 valence electrons. The molecule has 0 radical (unpaired) electrons. The summed E-state index contributed by atoms with van der Waals surface area (Å²) in [5.41, 5.74) is 2.44. The number of H-pyrrole nitrogens is 1. The van der Waals surface area contributed by atoms with Gasteiger partial charge in [-0.05, 0) is 11.6 Å². The second-order valence-electron chi connectivity index (χ2n) is 4.93. The number of aromatic nitrogens is 1. The summed E-state index contributed by atoms with van der Waals surface area (Å²) in [6.45, 7) is 5.56. The number of nitrogens with one attached hydrogen (secondary N) is 2. The van der Waals surface area contributed by atoms with Gasteiger partial charge in [-0.1, -0.05) is 32.0 Å². The molecule has 0 bridgehead atoms. The predicted octanol–water partition coefficient (Wildman–Crippen LogP) is 2.23. The van der Waals surface area contributed by atoms with Crippen molar-refractivity contribution in [1.82, 2.24) is 10.3 Å². The summed E-state index contributed by atoms with van der Waals surface area (Å²) in [6.07, 6.45) is 2.96. The third-order valence-corrected chi connectivity index (χ3v) is 3.11. The van der Waals surface area contributed by atoms with Crippen molar-refractivity contribution in [3.63, 3.8) is 0 Å².